The van der Waals surface area contributed by atoms with E-state index in [9.17, 15) is 9.59 Å². The molecule has 1 aliphatic rings. The summed E-state index contributed by atoms with van der Waals surface area (Å²) in [6.45, 7) is 0.578. The normalized spacial score (nSPS) is 16.8. The Morgan fingerprint density at radius 3 is 2.81 bits per heavy atom. The van der Waals surface area contributed by atoms with Crippen LogP contribution in [0.2, 0.25) is 0 Å². The number of likely N-dealkylation sites (tertiary alicyclic amines) is 1. The van der Waals surface area contributed by atoms with Gasteiger partial charge in [0.05, 0.1) is 17.8 Å². The monoisotopic (exact) mass is 352 g/mol. The molecule has 1 aliphatic heterocycles. The third kappa shape index (κ3) is 2.94. The Labute approximate surface area is 148 Å². The molecule has 0 aromatic carbocycles. The third-order valence-electron chi connectivity index (χ3n) is 4.43. The van der Waals surface area contributed by atoms with Crippen molar-refractivity contribution in [1.29, 1.82) is 0 Å². The van der Waals surface area contributed by atoms with E-state index in [-0.39, 0.29) is 18.4 Å². The maximum Gasteiger partial charge on any atom is 0.407 e. The molecule has 0 radical (unpaired) electrons. The lowest BCUT2D eigenvalue weighted by Crippen LogP contribution is -2.30. The lowest BCUT2D eigenvalue weighted by atomic mass is 10.1. The highest BCUT2D eigenvalue weighted by molar-refractivity contribution is 5.93. The molecular formula is C17H16N6O3. The summed E-state index contributed by atoms with van der Waals surface area (Å²) in [4.78, 5) is 33.1. The molecule has 1 unspecified atom stereocenters. The Morgan fingerprint density at radius 1 is 1.15 bits per heavy atom. The lowest BCUT2D eigenvalue weighted by Gasteiger charge is -2.13. The van der Waals surface area contributed by atoms with E-state index in [2.05, 4.69) is 20.4 Å². The van der Waals surface area contributed by atoms with E-state index in [1.165, 1.54) is 4.90 Å². The second-order valence-corrected chi connectivity index (χ2v) is 6.06. The molecule has 3 aromatic heterocycles. The minimum Gasteiger partial charge on any atom is -0.465 e. The smallest absolute Gasteiger partial charge is 0.407 e. The number of nitrogens with one attached hydrogen (secondary N) is 1. The molecule has 132 valence electrons. The number of pyridine rings is 1. The standard InChI is InChI=1S/C17H16N6O3/c24-16(12-4-8-22(10-12)17(25)26)21-14-9-11(1-5-18-14)13-2-6-19-15-3-7-20-23(13)15/h1-3,5-7,9,12H,4,8,10H2,(H,25,26)(H,18,21,24). The SMILES string of the molecule is O=C(Nc1cc(-c2ccnc3ccnn23)ccn1)C1CCN(C(=O)O)C1. The van der Waals surface area contributed by atoms with E-state index < -0.39 is 6.09 Å². The predicted molar refractivity (Wildman–Crippen MR) is 92.6 cm³/mol. The van der Waals surface area contributed by atoms with Crippen LogP contribution in [-0.2, 0) is 4.79 Å². The van der Waals surface area contributed by atoms with Gasteiger partial charge in [0.25, 0.3) is 0 Å². The van der Waals surface area contributed by atoms with Gasteiger partial charge in [-0.2, -0.15) is 5.10 Å². The predicted octanol–water partition coefficient (Wildman–Crippen LogP) is 1.73. The summed E-state index contributed by atoms with van der Waals surface area (Å²) >= 11 is 0. The number of aromatic nitrogens is 4. The average Bonchev–Trinajstić information content (AvgIpc) is 3.31. The zero-order chi connectivity index (χ0) is 18.1. The summed E-state index contributed by atoms with van der Waals surface area (Å²) in [6, 6.07) is 7.23. The van der Waals surface area contributed by atoms with Crippen LogP contribution in [0.5, 0.6) is 0 Å². The molecule has 4 rings (SSSR count). The summed E-state index contributed by atoms with van der Waals surface area (Å²) in [5, 5.41) is 16.0. The van der Waals surface area contributed by atoms with Crippen LogP contribution >= 0.6 is 0 Å². The molecule has 1 fully saturated rings. The van der Waals surface area contributed by atoms with Crippen molar-refractivity contribution in [3.05, 3.63) is 42.9 Å². The van der Waals surface area contributed by atoms with E-state index in [1.807, 2.05) is 18.2 Å². The first kappa shape index (κ1) is 16.0. The number of hydrogen-bond acceptors (Lipinski definition) is 5. The van der Waals surface area contributed by atoms with Gasteiger partial charge >= 0.3 is 6.09 Å². The Balaban J connectivity index is 1.54. The number of hydrogen-bond donors (Lipinski definition) is 2. The van der Waals surface area contributed by atoms with Gasteiger partial charge in [0.2, 0.25) is 5.91 Å². The topological polar surface area (TPSA) is 113 Å². The van der Waals surface area contributed by atoms with Crippen molar-refractivity contribution in [2.24, 2.45) is 5.92 Å². The number of nitrogens with zero attached hydrogens (tertiary/aromatic N) is 5. The van der Waals surface area contributed by atoms with Crippen molar-refractivity contribution in [1.82, 2.24) is 24.5 Å². The van der Waals surface area contributed by atoms with Crippen LogP contribution in [0.15, 0.2) is 42.9 Å². The average molecular weight is 352 g/mol. The van der Waals surface area contributed by atoms with Gasteiger partial charge in [-0.1, -0.05) is 0 Å². The van der Waals surface area contributed by atoms with Gasteiger partial charge in [-0.25, -0.2) is 19.3 Å². The van der Waals surface area contributed by atoms with E-state index in [0.717, 1.165) is 16.9 Å². The second-order valence-electron chi connectivity index (χ2n) is 6.06. The molecule has 1 atom stereocenters. The third-order valence-corrected chi connectivity index (χ3v) is 4.43. The highest BCUT2D eigenvalue weighted by Crippen LogP contribution is 2.23. The molecule has 0 spiro atoms. The van der Waals surface area contributed by atoms with E-state index in [0.29, 0.717) is 18.8 Å². The van der Waals surface area contributed by atoms with Gasteiger partial charge in [0, 0.05) is 37.1 Å². The lowest BCUT2D eigenvalue weighted by molar-refractivity contribution is -0.119. The van der Waals surface area contributed by atoms with Crippen molar-refractivity contribution < 1.29 is 14.7 Å². The molecule has 2 N–H and O–H groups in total. The maximum atomic E-state index is 12.4. The molecule has 2 amide bonds. The summed E-state index contributed by atoms with van der Waals surface area (Å²) in [7, 11) is 0. The van der Waals surface area contributed by atoms with E-state index in [1.54, 1.807) is 29.2 Å². The van der Waals surface area contributed by atoms with Crippen LogP contribution < -0.4 is 5.32 Å². The van der Waals surface area contributed by atoms with Crippen LogP contribution in [-0.4, -0.2) is 54.7 Å². The molecule has 9 nitrogen and oxygen atoms in total. The van der Waals surface area contributed by atoms with Crippen LogP contribution in [0, 0.1) is 5.92 Å². The first-order valence-electron chi connectivity index (χ1n) is 8.16. The fourth-order valence-corrected chi connectivity index (χ4v) is 3.09. The molecule has 26 heavy (non-hydrogen) atoms. The maximum absolute atomic E-state index is 12.4. The number of carbonyl (C=O) groups excluding carboxylic acids is 1. The fourth-order valence-electron chi connectivity index (χ4n) is 3.09. The summed E-state index contributed by atoms with van der Waals surface area (Å²) in [6.07, 6.45) is 4.49. The Bertz CT molecular complexity index is 985. The number of amides is 2. The van der Waals surface area contributed by atoms with Crippen LogP contribution in [0.4, 0.5) is 10.6 Å². The molecule has 0 saturated carbocycles. The number of anilines is 1. The van der Waals surface area contributed by atoms with Crippen molar-refractivity contribution in [3.63, 3.8) is 0 Å². The summed E-state index contributed by atoms with van der Waals surface area (Å²) < 4.78 is 1.71. The zero-order valence-corrected chi connectivity index (χ0v) is 13.7. The van der Waals surface area contributed by atoms with Crippen LogP contribution in [0.3, 0.4) is 0 Å². The molecule has 4 heterocycles. The first-order valence-corrected chi connectivity index (χ1v) is 8.16. The number of carboxylic acid groups (broad SMARTS) is 1. The molecule has 1 saturated heterocycles. The number of rotatable bonds is 3. The largest absolute Gasteiger partial charge is 0.465 e. The summed E-state index contributed by atoms with van der Waals surface area (Å²) in [5.41, 5.74) is 2.39. The first-order chi connectivity index (χ1) is 12.6. The molecular weight excluding hydrogens is 336 g/mol. The highest BCUT2D eigenvalue weighted by atomic mass is 16.4. The van der Waals surface area contributed by atoms with Crippen LogP contribution in [0.1, 0.15) is 6.42 Å². The van der Waals surface area contributed by atoms with Crippen LogP contribution in [0.25, 0.3) is 16.9 Å². The molecule has 3 aromatic rings. The van der Waals surface area contributed by atoms with Gasteiger partial charge in [0.15, 0.2) is 5.65 Å². The van der Waals surface area contributed by atoms with Crippen molar-refractivity contribution in [3.8, 4) is 11.3 Å². The van der Waals surface area contributed by atoms with E-state index >= 15 is 0 Å². The minimum atomic E-state index is -0.999. The van der Waals surface area contributed by atoms with Crippen molar-refractivity contribution in [2.75, 3.05) is 18.4 Å². The Hall–Kier alpha value is -3.49. The summed E-state index contributed by atoms with van der Waals surface area (Å²) in [5.74, 6) is -0.175. The molecule has 0 aliphatic carbocycles. The number of carbonyl (C=O) groups is 2. The Morgan fingerprint density at radius 2 is 2.00 bits per heavy atom. The zero-order valence-electron chi connectivity index (χ0n) is 13.7. The highest BCUT2D eigenvalue weighted by Gasteiger charge is 2.31. The van der Waals surface area contributed by atoms with Gasteiger partial charge in [-0.15, -0.1) is 0 Å². The van der Waals surface area contributed by atoms with Gasteiger partial charge < -0.3 is 15.3 Å². The van der Waals surface area contributed by atoms with E-state index in [4.69, 9.17) is 5.11 Å². The minimum absolute atomic E-state index is 0.207. The molecule has 9 heteroatoms. The molecule has 0 bridgehead atoms. The quantitative estimate of drug-likeness (QED) is 0.742. The fraction of sp³-hybridized carbons (Fsp3) is 0.235. The Kier molecular flexibility index (Phi) is 3.96. The van der Waals surface area contributed by atoms with Gasteiger partial charge in [-0.3, -0.25) is 4.79 Å². The van der Waals surface area contributed by atoms with Gasteiger partial charge in [-0.05, 0) is 24.6 Å². The van der Waals surface area contributed by atoms with Crippen molar-refractivity contribution in [2.45, 2.75) is 6.42 Å². The van der Waals surface area contributed by atoms with Gasteiger partial charge in [0.1, 0.15) is 5.82 Å². The van der Waals surface area contributed by atoms with Crippen molar-refractivity contribution >= 4 is 23.5 Å². The second kappa shape index (κ2) is 6.43. The number of fused-ring (bicyclic) bond motifs is 1.